The van der Waals surface area contributed by atoms with E-state index in [-0.39, 0.29) is 11.7 Å². The van der Waals surface area contributed by atoms with Crippen LogP contribution < -0.4 is 5.32 Å². The summed E-state index contributed by atoms with van der Waals surface area (Å²) in [5.74, 6) is -0.989. The monoisotopic (exact) mass is 349 g/mol. The summed E-state index contributed by atoms with van der Waals surface area (Å²) in [6.45, 7) is 0.449. The van der Waals surface area contributed by atoms with Crippen LogP contribution in [0.25, 0.3) is 0 Å². The van der Waals surface area contributed by atoms with E-state index < -0.39 is 12.1 Å². The molecule has 0 fully saturated rings. The highest BCUT2D eigenvalue weighted by molar-refractivity contribution is 5.90. The molecule has 5 heteroatoms. The Labute approximate surface area is 151 Å². The zero-order chi connectivity index (χ0) is 18.2. The summed E-state index contributed by atoms with van der Waals surface area (Å²) < 4.78 is 10.4. The SMILES string of the molecule is O=C(O[C@@H](C(=O)NCCc1ccccc1)c1ccccc1)c1ccco1. The van der Waals surface area contributed by atoms with Crippen LogP contribution in [0.2, 0.25) is 0 Å². The summed E-state index contributed by atoms with van der Waals surface area (Å²) in [7, 11) is 0. The van der Waals surface area contributed by atoms with Crippen molar-refractivity contribution in [1.82, 2.24) is 5.32 Å². The van der Waals surface area contributed by atoms with Crippen molar-refractivity contribution < 1.29 is 18.7 Å². The maximum atomic E-state index is 12.6. The predicted octanol–water partition coefficient (Wildman–Crippen LogP) is 3.54. The van der Waals surface area contributed by atoms with E-state index in [4.69, 9.17) is 9.15 Å². The van der Waals surface area contributed by atoms with Gasteiger partial charge in [-0.25, -0.2) is 4.79 Å². The number of ether oxygens (including phenoxy) is 1. The Morgan fingerprint density at radius 2 is 1.62 bits per heavy atom. The Hall–Kier alpha value is -3.34. The number of carbonyl (C=O) groups is 2. The normalized spacial score (nSPS) is 11.5. The topological polar surface area (TPSA) is 68.5 Å². The maximum absolute atomic E-state index is 12.6. The molecule has 3 aromatic rings. The van der Waals surface area contributed by atoms with E-state index in [1.165, 1.54) is 12.3 Å². The molecule has 0 unspecified atom stereocenters. The molecule has 0 bridgehead atoms. The number of nitrogens with one attached hydrogen (secondary N) is 1. The number of carbonyl (C=O) groups excluding carboxylic acids is 2. The van der Waals surface area contributed by atoms with Crippen LogP contribution in [-0.4, -0.2) is 18.4 Å². The van der Waals surface area contributed by atoms with Crippen LogP contribution in [0.1, 0.15) is 27.8 Å². The van der Waals surface area contributed by atoms with Crippen LogP contribution in [0.3, 0.4) is 0 Å². The van der Waals surface area contributed by atoms with Gasteiger partial charge in [0.1, 0.15) is 0 Å². The third-order valence-electron chi connectivity index (χ3n) is 3.84. The van der Waals surface area contributed by atoms with Crippen molar-refractivity contribution in [2.24, 2.45) is 0 Å². The summed E-state index contributed by atoms with van der Waals surface area (Å²) in [6.07, 6.45) is 1.04. The van der Waals surface area contributed by atoms with Gasteiger partial charge in [-0.1, -0.05) is 60.7 Å². The molecule has 0 aliphatic rings. The van der Waals surface area contributed by atoms with Gasteiger partial charge in [0.2, 0.25) is 11.9 Å². The minimum absolute atomic E-state index is 0.0583. The van der Waals surface area contributed by atoms with Gasteiger partial charge in [-0.05, 0) is 24.1 Å². The molecule has 0 aliphatic heterocycles. The van der Waals surface area contributed by atoms with Crippen LogP contribution in [0, 0.1) is 0 Å². The van der Waals surface area contributed by atoms with Crippen LogP contribution >= 0.6 is 0 Å². The highest BCUT2D eigenvalue weighted by Gasteiger charge is 2.26. The summed E-state index contributed by atoms with van der Waals surface area (Å²) in [5.41, 5.74) is 1.72. The number of esters is 1. The third kappa shape index (κ3) is 4.60. The highest BCUT2D eigenvalue weighted by atomic mass is 16.6. The molecular weight excluding hydrogens is 330 g/mol. The number of furan rings is 1. The van der Waals surface area contributed by atoms with E-state index in [2.05, 4.69) is 5.32 Å². The van der Waals surface area contributed by atoms with Gasteiger partial charge in [0.05, 0.1) is 6.26 Å². The highest BCUT2D eigenvalue weighted by Crippen LogP contribution is 2.19. The van der Waals surface area contributed by atoms with Crippen LogP contribution in [0.4, 0.5) is 0 Å². The van der Waals surface area contributed by atoms with Gasteiger partial charge in [-0.3, -0.25) is 4.79 Å². The van der Waals surface area contributed by atoms with E-state index in [1.807, 2.05) is 36.4 Å². The lowest BCUT2D eigenvalue weighted by Gasteiger charge is -2.17. The summed E-state index contributed by atoms with van der Waals surface area (Å²) in [4.78, 5) is 24.8. The molecule has 1 aromatic heterocycles. The van der Waals surface area contributed by atoms with Crippen LogP contribution in [-0.2, 0) is 16.0 Å². The first-order valence-electron chi connectivity index (χ1n) is 8.35. The Balaban J connectivity index is 1.66. The lowest BCUT2D eigenvalue weighted by Crippen LogP contribution is -2.33. The Bertz CT molecular complexity index is 829. The number of amides is 1. The van der Waals surface area contributed by atoms with E-state index in [0.717, 1.165) is 5.56 Å². The fraction of sp³-hybridized carbons (Fsp3) is 0.143. The lowest BCUT2D eigenvalue weighted by molar-refractivity contribution is -0.130. The Morgan fingerprint density at radius 1 is 0.923 bits per heavy atom. The molecule has 0 saturated heterocycles. The van der Waals surface area contributed by atoms with Crippen molar-refractivity contribution in [1.29, 1.82) is 0 Å². The molecule has 2 aromatic carbocycles. The molecule has 1 amide bonds. The molecule has 0 saturated carbocycles. The average Bonchev–Trinajstić information content (AvgIpc) is 3.22. The molecule has 3 rings (SSSR count). The number of rotatable bonds is 7. The van der Waals surface area contributed by atoms with Crippen molar-refractivity contribution in [3.63, 3.8) is 0 Å². The second-order valence-corrected chi connectivity index (χ2v) is 5.70. The van der Waals surface area contributed by atoms with E-state index in [1.54, 1.807) is 30.3 Å². The molecule has 1 N–H and O–H groups in total. The molecule has 1 atom stereocenters. The number of hydrogen-bond donors (Lipinski definition) is 1. The standard InChI is InChI=1S/C21H19NO4/c23-20(22-14-13-16-8-3-1-4-9-16)19(17-10-5-2-6-11-17)26-21(24)18-12-7-15-25-18/h1-12,15,19H,13-14H2,(H,22,23)/t19-/m1/s1. The van der Waals surface area contributed by atoms with Crippen molar-refractivity contribution in [3.8, 4) is 0 Å². The van der Waals surface area contributed by atoms with Gasteiger partial charge in [0.25, 0.3) is 5.91 Å². The van der Waals surface area contributed by atoms with E-state index in [0.29, 0.717) is 18.5 Å². The smallest absolute Gasteiger partial charge is 0.375 e. The van der Waals surface area contributed by atoms with E-state index >= 15 is 0 Å². The lowest BCUT2D eigenvalue weighted by atomic mass is 10.1. The molecule has 26 heavy (non-hydrogen) atoms. The summed E-state index contributed by atoms with van der Waals surface area (Å²) in [5, 5.41) is 2.83. The van der Waals surface area contributed by atoms with Crippen molar-refractivity contribution in [2.45, 2.75) is 12.5 Å². The van der Waals surface area contributed by atoms with Gasteiger partial charge in [-0.15, -0.1) is 0 Å². The molecular formula is C21H19NO4. The van der Waals surface area contributed by atoms with Gasteiger partial charge in [0, 0.05) is 12.1 Å². The predicted molar refractivity (Wildman–Crippen MR) is 96.5 cm³/mol. The van der Waals surface area contributed by atoms with Crippen molar-refractivity contribution in [2.75, 3.05) is 6.54 Å². The fourth-order valence-corrected chi connectivity index (χ4v) is 2.53. The molecule has 1 heterocycles. The van der Waals surface area contributed by atoms with Gasteiger partial charge in [-0.2, -0.15) is 0 Å². The van der Waals surface area contributed by atoms with Crippen LogP contribution in [0.15, 0.2) is 83.5 Å². The molecule has 0 spiro atoms. The summed E-state index contributed by atoms with van der Waals surface area (Å²) in [6, 6.07) is 21.9. The van der Waals surface area contributed by atoms with Crippen LogP contribution in [0.5, 0.6) is 0 Å². The zero-order valence-corrected chi connectivity index (χ0v) is 14.1. The van der Waals surface area contributed by atoms with Crippen molar-refractivity contribution in [3.05, 3.63) is 95.9 Å². The first-order chi connectivity index (χ1) is 12.7. The first-order valence-corrected chi connectivity index (χ1v) is 8.35. The van der Waals surface area contributed by atoms with Gasteiger partial charge < -0.3 is 14.5 Å². The van der Waals surface area contributed by atoms with Gasteiger partial charge in [0.15, 0.2) is 0 Å². The zero-order valence-electron chi connectivity index (χ0n) is 14.1. The number of benzene rings is 2. The maximum Gasteiger partial charge on any atom is 0.375 e. The largest absolute Gasteiger partial charge is 0.457 e. The van der Waals surface area contributed by atoms with Crippen molar-refractivity contribution >= 4 is 11.9 Å². The molecule has 0 aliphatic carbocycles. The second kappa shape index (κ2) is 8.67. The first kappa shape index (κ1) is 17.5. The third-order valence-corrected chi connectivity index (χ3v) is 3.84. The van der Waals surface area contributed by atoms with E-state index in [9.17, 15) is 9.59 Å². The minimum atomic E-state index is -1.04. The second-order valence-electron chi connectivity index (χ2n) is 5.70. The molecule has 5 nitrogen and oxygen atoms in total. The van der Waals surface area contributed by atoms with Gasteiger partial charge >= 0.3 is 5.97 Å². The molecule has 132 valence electrons. The Kier molecular flexibility index (Phi) is 5.83. The molecule has 0 radical (unpaired) electrons. The fourth-order valence-electron chi connectivity index (χ4n) is 2.53. The Morgan fingerprint density at radius 3 is 2.27 bits per heavy atom. The average molecular weight is 349 g/mol. The summed E-state index contributed by atoms with van der Waals surface area (Å²) >= 11 is 0. The number of hydrogen-bond acceptors (Lipinski definition) is 4. The quantitative estimate of drug-likeness (QED) is 0.663. The minimum Gasteiger partial charge on any atom is -0.457 e.